The van der Waals surface area contributed by atoms with Crippen molar-refractivity contribution in [3.8, 4) is 11.1 Å². The molecule has 0 bridgehead atoms. The molecule has 0 saturated carbocycles. The van der Waals surface area contributed by atoms with Crippen molar-refractivity contribution in [2.24, 2.45) is 5.16 Å². The average molecular weight is 482 g/mol. The number of hydrogen-bond acceptors (Lipinski definition) is 4. The maximum absolute atomic E-state index is 6.20. The van der Waals surface area contributed by atoms with Crippen molar-refractivity contribution in [3.05, 3.63) is 106 Å². The normalized spacial score (nSPS) is 11.5. The zero-order chi connectivity index (χ0) is 20.8. The van der Waals surface area contributed by atoms with Crippen LogP contribution in [0.15, 0.2) is 95.1 Å². The van der Waals surface area contributed by atoms with Gasteiger partial charge in [-0.1, -0.05) is 87.3 Å². The van der Waals surface area contributed by atoms with E-state index in [2.05, 4.69) is 55.4 Å². The summed E-state index contributed by atoms with van der Waals surface area (Å²) in [6.07, 6.45) is 3.15. The Bertz CT molecular complexity index is 1130. The molecule has 0 N–H and O–H groups in total. The number of hydrogen-bond donors (Lipinski definition) is 0. The first-order valence-electron chi connectivity index (χ1n) is 9.30. The van der Waals surface area contributed by atoms with E-state index in [4.69, 9.17) is 16.4 Å². The van der Waals surface area contributed by atoms with Crippen LogP contribution in [0, 0.1) is 0 Å². The second-order valence-electron chi connectivity index (χ2n) is 6.58. The van der Waals surface area contributed by atoms with Gasteiger partial charge in [0, 0.05) is 20.6 Å². The summed E-state index contributed by atoms with van der Waals surface area (Å²) in [5, 5.41) is 9.22. The molecule has 0 saturated heterocycles. The van der Waals surface area contributed by atoms with E-state index in [1.54, 1.807) is 11.0 Å². The molecule has 0 spiro atoms. The fourth-order valence-electron chi connectivity index (χ4n) is 2.93. The number of aromatic nitrogens is 3. The molecule has 1 aromatic heterocycles. The number of rotatable bonds is 7. The lowest BCUT2D eigenvalue weighted by Gasteiger charge is -2.09. The van der Waals surface area contributed by atoms with Gasteiger partial charge >= 0.3 is 0 Å². The third-order valence-corrected chi connectivity index (χ3v) is 5.42. The van der Waals surface area contributed by atoms with E-state index in [0.717, 1.165) is 32.4 Å². The molecule has 0 atom stereocenters. The largest absolute Gasteiger partial charge is 0.391 e. The monoisotopic (exact) mass is 480 g/mol. The summed E-state index contributed by atoms with van der Waals surface area (Å²) in [7, 11) is 0. The summed E-state index contributed by atoms with van der Waals surface area (Å²) in [5.74, 6) is 0. The van der Waals surface area contributed by atoms with Gasteiger partial charge in [-0.15, -0.1) is 0 Å². The molecule has 4 aromatic rings. The summed E-state index contributed by atoms with van der Waals surface area (Å²) in [6.45, 7) is 0.734. The van der Waals surface area contributed by atoms with Gasteiger partial charge < -0.3 is 4.84 Å². The smallest absolute Gasteiger partial charge is 0.143 e. The van der Waals surface area contributed by atoms with Gasteiger partial charge in [0.05, 0.1) is 6.54 Å². The molecule has 0 aliphatic carbocycles. The van der Waals surface area contributed by atoms with Crippen LogP contribution in [-0.4, -0.2) is 20.5 Å². The highest BCUT2D eigenvalue weighted by Gasteiger charge is 2.09. The maximum Gasteiger partial charge on any atom is 0.143 e. The fourth-order valence-corrected chi connectivity index (χ4v) is 3.39. The number of nitrogens with zero attached hydrogens (tertiary/aromatic N) is 4. The predicted octanol–water partition coefficient (Wildman–Crippen LogP) is 5.98. The molecule has 150 valence electrons. The van der Waals surface area contributed by atoms with Gasteiger partial charge in [0.1, 0.15) is 25.0 Å². The summed E-state index contributed by atoms with van der Waals surface area (Å²) >= 11 is 9.67. The van der Waals surface area contributed by atoms with E-state index < -0.39 is 0 Å². The first kappa shape index (κ1) is 20.3. The third-order valence-electron chi connectivity index (χ3n) is 4.53. The minimum Gasteiger partial charge on any atom is -0.391 e. The van der Waals surface area contributed by atoms with Gasteiger partial charge in [0.25, 0.3) is 0 Å². The lowest BCUT2D eigenvalue weighted by Crippen LogP contribution is -2.13. The molecular formula is C23H18BrClN4O. The molecule has 0 unspecified atom stereocenters. The minimum absolute atomic E-state index is 0.289. The topological polar surface area (TPSA) is 52.3 Å². The first-order valence-corrected chi connectivity index (χ1v) is 10.5. The average Bonchev–Trinajstić information content (AvgIpc) is 3.28. The van der Waals surface area contributed by atoms with Crippen LogP contribution >= 0.6 is 27.5 Å². The molecule has 0 aliphatic heterocycles. The molecule has 0 fully saturated rings. The van der Waals surface area contributed by atoms with Crippen LogP contribution in [-0.2, 0) is 18.0 Å². The van der Waals surface area contributed by atoms with Crippen molar-refractivity contribution in [1.82, 2.24) is 14.8 Å². The van der Waals surface area contributed by atoms with E-state index in [1.165, 1.54) is 6.33 Å². The maximum atomic E-state index is 6.20. The Labute approximate surface area is 188 Å². The van der Waals surface area contributed by atoms with Gasteiger partial charge in [-0.25, -0.2) is 9.67 Å². The Morgan fingerprint density at radius 2 is 1.67 bits per heavy atom. The van der Waals surface area contributed by atoms with Crippen LogP contribution in [0.3, 0.4) is 0 Å². The fraction of sp³-hybridized carbons (Fsp3) is 0.0870. The second kappa shape index (κ2) is 9.69. The standard InChI is InChI=1S/C23H18BrClN4O/c24-21-11-9-18(10-12-21)17-5-7-19(8-6-17)23(13-29-16-26-15-27-29)28-30-14-20-3-1-2-4-22(20)25/h1-12,15-16H,13-14H2/b28-23-. The van der Waals surface area contributed by atoms with Crippen molar-refractivity contribution in [3.63, 3.8) is 0 Å². The number of oxime groups is 1. The van der Waals surface area contributed by atoms with Crippen LogP contribution in [0.4, 0.5) is 0 Å². The first-order chi connectivity index (χ1) is 14.7. The third kappa shape index (κ3) is 5.14. The van der Waals surface area contributed by atoms with E-state index in [1.807, 2.05) is 48.5 Å². The van der Waals surface area contributed by atoms with Gasteiger partial charge in [-0.2, -0.15) is 5.10 Å². The Morgan fingerprint density at radius 3 is 2.33 bits per heavy atom. The molecule has 0 amide bonds. The van der Waals surface area contributed by atoms with Gasteiger partial charge in [-0.3, -0.25) is 0 Å². The highest BCUT2D eigenvalue weighted by atomic mass is 79.9. The molecule has 4 rings (SSSR count). The summed E-state index contributed by atoms with van der Waals surface area (Å²) < 4.78 is 2.76. The molecule has 5 nitrogen and oxygen atoms in total. The summed E-state index contributed by atoms with van der Waals surface area (Å²) in [5.41, 5.74) is 4.85. The van der Waals surface area contributed by atoms with Crippen molar-refractivity contribution >= 4 is 33.2 Å². The number of benzene rings is 3. The molecule has 3 aromatic carbocycles. The summed E-state index contributed by atoms with van der Waals surface area (Å²) in [4.78, 5) is 9.63. The van der Waals surface area contributed by atoms with Crippen LogP contribution in [0.2, 0.25) is 5.02 Å². The Balaban J connectivity index is 1.55. The van der Waals surface area contributed by atoms with Crippen molar-refractivity contribution in [2.45, 2.75) is 13.2 Å². The highest BCUT2D eigenvalue weighted by molar-refractivity contribution is 9.10. The highest BCUT2D eigenvalue weighted by Crippen LogP contribution is 2.23. The zero-order valence-electron chi connectivity index (χ0n) is 16.0. The van der Waals surface area contributed by atoms with E-state index in [0.29, 0.717) is 11.6 Å². The Morgan fingerprint density at radius 1 is 0.967 bits per heavy atom. The van der Waals surface area contributed by atoms with Crippen LogP contribution < -0.4 is 0 Å². The van der Waals surface area contributed by atoms with Crippen molar-refractivity contribution < 1.29 is 4.84 Å². The van der Waals surface area contributed by atoms with E-state index in [9.17, 15) is 0 Å². The zero-order valence-corrected chi connectivity index (χ0v) is 18.3. The van der Waals surface area contributed by atoms with Crippen molar-refractivity contribution in [2.75, 3.05) is 0 Å². The quantitative estimate of drug-likeness (QED) is 0.241. The minimum atomic E-state index is 0.289. The van der Waals surface area contributed by atoms with E-state index >= 15 is 0 Å². The lowest BCUT2D eigenvalue weighted by molar-refractivity contribution is 0.130. The Kier molecular flexibility index (Phi) is 6.57. The number of halogens is 2. The molecule has 1 heterocycles. The Hall–Kier alpha value is -2.96. The van der Waals surface area contributed by atoms with Crippen LogP contribution in [0.25, 0.3) is 11.1 Å². The van der Waals surface area contributed by atoms with Crippen molar-refractivity contribution in [1.29, 1.82) is 0 Å². The molecule has 30 heavy (non-hydrogen) atoms. The molecule has 7 heteroatoms. The molecule has 0 aliphatic rings. The van der Waals surface area contributed by atoms with Gasteiger partial charge in [0.2, 0.25) is 0 Å². The molecule has 0 radical (unpaired) electrons. The van der Waals surface area contributed by atoms with Gasteiger partial charge in [0.15, 0.2) is 0 Å². The second-order valence-corrected chi connectivity index (χ2v) is 7.90. The molecular weight excluding hydrogens is 464 g/mol. The van der Waals surface area contributed by atoms with Gasteiger partial charge in [-0.05, 0) is 29.3 Å². The lowest BCUT2D eigenvalue weighted by atomic mass is 10.0. The SMILES string of the molecule is Clc1ccccc1CO/N=C(/Cn1cncn1)c1ccc(-c2ccc(Br)cc2)cc1. The van der Waals surface area contributed by atoms with E-state index in [-0.39, 0.29) is 6.61 Å². The van der Waals surface area contributed by atoms with Crippen LogP contribution in [0.1, 0.15) is 11.1 Å². The summed E-state index contributed by atoms with van der Waals surface area (Å²) in [6, 6.07) is 24.0. The predicted molar refractivity (Wildman–Crippen MR) is 122 cm³/mol. The van der Waals surface area contributed by atoms with Crippen LogP contribution in [0.5, 0.6) is 0 Å².